The summed E-state index contributed by atoms with van der Waals surface area (Å²) >= 11 is 0. The van der Waals surface area contributed by atoms with Crippen molar-refractivity contribution < 1.29 is 23.9 Å². The van der Waals surface area contributed by atoms with Crippen molar-refractivity contribution in [2.45, 2.75) is 33.3 Å². The predicted octanol–water partition coefficient (Wildman–Crippen LogP) is 0.272. The van der Waals surface area contributed by atoms with E-state index in [1.807, 2.05) is 0 Å². The number of amides is 2. The van der Waals surface area contributed by atoms with Gasteiger partial charge in [-0.25, -0.2) is 4.79 Å². The van der Waals surface area contributed by atoms with Gasteiger partial charge in [0.2, 0.25) is 5.91 Å². The van der Waals surface area contributed by atoms with Gasteiger partial charge in [0, 0.05) is 0 Å². The average molecular weight is 272 g/mol. The first-order valence-electron chi connectivity index (χ1n) is 6.07. The standard InChI is InChI=1S/C12H20N2O5/c1-5-18-9(16)12(8(13)15)6-14(7-12)10(17)19-11(2,3)4/h5-7H2,1-4H3,(H2,13,15). The molecule has 19 heavy (non-hydrogen) atoms. The smallest absolute Gasteiger partial charge is 0.410 e. The maximum Gasteiger partial charge on any atom is 0.410 e. The molecule has 0 atom stereocenters. The van der Waals surface area contributed by atoms with Crippen molar-refractivity contribution in [1.29, 1.82) is 0 Å². The molecule has 1 heterocycles. The molecule has 0 saturated carbocycles. The summed E-state index contributed by atoms with van der Waals surface area (Å²) in [5, 5.41) is 0. The highest BCUT2D eigenvalue weighted by molar-refractivity contribution is 6.04. The van der Waals surface area contributed by atoms with Crippen molar-refractivity contribution in [3.05, 3.63) is 0 Å². The van der Waals surface area contributed by atoms with Crippen LogP contribution in [0.5, 0.6) is 0 Å². The molecule has 0 unspecified atom stereocenters. The summed E-state index contributed by atoms with van der Waals surface area (Å²) in [5.74, 6) is -1.48. The SMILES string of the molecule is CCOC(=O)C1(C(N)=O)CN(C(=O)OC(C)(C)C)C1. The third-order valence-electron chi connectivity index (χ3n) is 2.71. The number of carbonyl (C=O) groups excluding carboxylic acids is 3. The number of nitrogens with two attached hydrogens (primary N) is 1. The van der Waals surface area contributed by atoms with E-state index in [0.29, 0.717) is 0 Å². The lowest BCUT2D eigenvalue weighted by atomic mass is 9.79. The first-order valence-corrected chi connectivity index (χ1v) is 6.07. The van der Waals surface area contributed by atoms with Gasteiger partial charge in [0.1, 0.15) is 5.60 Å². The molecular weight excluding hydrogens is 252 g/mol. The minimum Gasteiger partial charge on any atom is -0.465 e. The van der Waals surface area contributed by atoms with E-state index in [9.17, 15) is 14.4 Å². The van der Waals surface area contributed by atoms with Crippen LogP contribution in [-0.2, 0) is 19.1 Å². The monoisotopic (exact) mass is 272 g/mol. The quantitative estimate of drug-likeness (QED) is 0.587. The molecule has 1 aliphatic rings. The molecule has 0 aliphatic carbocycles. The second-order valence-electron chi connectivity index (χ2n) is 5.50. The first-order chi connectivity index (χ1) is 8.62. The molecule has 1 fully saturated rings. The zero-order valence-corrected chi connectivity index (χ0v) is 11.7. The van der Waals surface area contributed by atoms with Crippen LogP contribution in [0.15, 0.2) is 0 Å². The van der Waals surface area contributed by atoms with Crippen molar-refractivity contribution in [2.75, 3.05) is 19.7 Å². The Hall–Kier alpha value is -1.79. The third-order valence-corrected chi connectivity index (χ3v) is 2.71. The summed E-state index contributed by atoms with van der Waals surface area (Å²) in [4.78, 5) is 36.1. The van der Waals surface area contributed by atoms with Crippen LogP contribution in [0, 0.1) is 5.41 Å². The van der Waals surface area contributed by atoms with Crippen molar-refractivity contribution in [2.24, 2.45) is 11.1 Å². The van der Waals surface area contributed by atoms with Gasteiger partial charge in [0.15, 0.2) is 5.41 Å². The van der Waals surface area contributed by atoms with E-state index in [2.05, 4.69) is 0 Å². The molecule has 7 heteroatoms. The molecule has 0 radical (unpaired) electrons. The van der Waals surface area contributed by atoms with Gasteiger partial charge >= 0.3 is 12.1 Å². The fourth-order valence-corrected chi connectivity index (χ4v) is 1.72. The van der Waals surface area contributed by atoms with Crippen molar-refractivity contribution in [3.63, 3.8) is 0 Å². The van der Waals surface area contributed by atoms with Gasteiger partial charge in [-0.1, -0.05) is 0 Å². The second-order valence-corrected chi connectivity index (χ2v) is 5.50. The summed E-state index contributed by atoms with van der Waals surface area (Å²) in [6, 6.07) is 0. The number of ether oxygens (including phenoxy) is 2. The van der Waals surface area contributed by atoms with Crippen LogP contribution < -0.4 is 5.73 Å². The van der Waals surface area contributed by atoms with Crippen LogP contribution in [0.1, 0.15) is 27.7 Å². The highest BCUT2D eigenvalue weighted by Gasteiger charge is 2.57. The van der Waals surface area contributed by atoms with E-state index >= 15 is 0 Å². The average Bonchev–Trinajstić information content (AvgIpc) is 2.12. The Morgan fingerprint density at radius 1 is 1.26 bits per heavy atom. The van der Waals surface area contributed by atoms with Gasteiger partial charge in [-0.3, -0.25) is 9.59 Å². The van der Waals surface area contributed by atoms with E-state index in [1.165, 1.54) is 4.90 Å². The normalized spacial score (nSPS) is 17.4. The van der Waals surface area contributed by atoms with Crippen molar-refractivity contribution in [1.82, 2.24) is 4.90 Å². The zero-order chi connectivity index (χ0) is 14.8. The zero-order valence-electron chi connectivity index (χ0n) is 11.7. The lowest BCUT2D eigenvalue weighted by molar-refractivity contribution is -0.170. The summed E-state index contributed by atoms with van der Waals surface area (Å²) in [6.45, 7) is 6.79. The Morgan fingerprint density at radius 3 is 2.16 bits per heavy atom. The van der Waals surface area contributed by atoms with Gasteiger partial charge in [-0.2, -0.15) is 0 Å². The van der Waals surface area contributed by atoms with Crippen LogP contribution in [0.2, 0.25) is 0 Å². The number of likely N-dealkylation sites (tertiary alicyclic amines) is 1. The molecule has 2 N–H and O–H groups in total. The number of esters is 1. The third kappa shape index (κ3) is 3.15. The number of primary amides is 1. The highest BCUT2D eigenvalue weighted by Crippen LogP contribution is 2.32. The van der Waals surface area contributed by atoms with Crippen LogP contribution in [0.25, 0.3) is 0 Å². The fourth-order valence-electron chi connectivity index (χ4n) is 1.72. The van der Waals surface area contributed by atoms with Crippen LogP contribution >= 0.6 is 0 Å². The van der Waals surface area contributed by atoms with Crippen molar-refractivity contribution in [3.8, 4) is 0 Å². The fraction of sp³-hybridized carbons (Fsp3) is 0.750. The van der Waals surface area contributed by atoms with E-state index < -0.39 is 29.0 Å². The Bertz CT molecular complexity index is 393. The summed E-state index contributed by atoms with van der Waals surface area (Å²) < 4.78 is 9.96. The van der Waals surface area contributed by atoms with Crippen LogP contribution in [0.3, 0.4) is 0 Å². The molecule has 1 aliphatic heterocycles. The predicted molar refractivity (Wildman–Crippen MR) is 66.1 cm³/mol. The molecule has 1 rings (SSSR count). The molecule has 0 bridgehead atoms. The molecule has 108 valence electrons. The molecule has 0 aromatic heterocycles. The maximum atomic E-state index is 11.7. The molecule has 2 amide bonds. The van der Waals surface area contributed by atoms with Crippen LogP contribution in [0.4, 0.5) is 4.79 Å². The van der Waals surface area contributed by atoms with Gasteiger partial charge < -0.3 is 20.1 Å². The lowest BCUT2D eigenvalue weighted by Gasteiger charge is -2.45. The van der Waals surface area contributed by atoms with Gasteiger partial charge in [-0.05, 0) is 27.7 Å². The van der Waals surface area contributed by atoms with Gasteiger partial charge in [0.05, 0.1) is 19.7 Å². The number of rotatable bonds is 3. The Balaban J connectivity index is 2.68. The van der Waals surface area contributed by atoms with E-state index in [1.54, 1.807) is 27.7 Å². The number of nitrogens with zero attached hydrogens (tertiary/aromatic N) is 1. The lowest BCUT2D eigenvalue weighted by Crippen LogP contribution is -2.68. The van der Waals surface area contributed by atoms with Gasteiger partial charge in [-0.15, -0.1) is 0 Å². The number of hydrogen-bond donors (Lipinski definition) is 1. The minimum atomic E-state index is -1.44. The number of hydrogen-bond acceptors (Lipinski definition) is 5. The Labute approximate surface area is 112 Å². The van der Waals surface area contributed by atoms with E-state index in [0.717, 1.165) is 0 Å². The summed E-state index contributed by atoms with van der Waals surface area (Å²) in [5.41, 5.74) is 3.16. The molecule has 0 aromatic carbocycles. The van der Waals surface area contributed by atoms with E-state index in [-0.39, 0.29) is 19.7 Å². The van der Waals surface area contributed by atoms with Crippen molar-refractivity contribution >= 4 is 18.0 Å². The molecule has 1 saturated heterocycles. The molecular formula is C12H20N2O5. The van der Waals surface area contributed by atoms with Gasteiger partial charge in [0.25, 0.3) is 0 Å². The van der Waals surface area contributed by atoms with E-state index in [4.69, 9.17) is 15.2 Å². The molecule has 7 nitrogen and oxygen atoms in total. The summed E-state index contributed by atoms with van der Waals surface area (Å²) in [7, 11) is 0. The molecule has 0 aromatic rings. The summed E-state index contributed by atoms with van der Waals surface area (Å²) in [6.07, 6.45) is -0.575. The highest BCUT2D eigenvalue weighted by atomic mass is 16.6. The minimum absolute atomic E-state index is 0.101. The first kappa shape index (κ1) is 15.3. The largest absolute Gasteiger partial charge is 0.465 e. The second kappa shape index (κ2) is 5.07. The van der Waals surface area contributed by atoms with Crippen LogP contribution in [-0.4, -0.2) is 48.2 Å². The maximum absolute atomic E-state index is 11.7. The Morgan fingerprint density at radius 2 is 1.79 bits per heavy atom. The molecule has 0 spiro atoms. The Kier molecular flexibility index (Phi) is 4.07. The number of carbonyl (C=O) groups is 3. The topological polar surface area (TPSA) is 98.9 Å².